The number of pyridine rings is 1. The van der Waals surface area contributed by atoms with Crippen molar-refractivity contribution in [3.63, 3.8) is 0 Å². The monoisotopic (exact) mass is 408 g/mol. The minimum absolute atomic E-state index is 0.138. The molecule has 0 spiro atoms. The van der Waals surface area contributed by atoms with E-state index in [1.165, 1.54) is 23.3 Å². The second kappa shape index (κ2) is 11.7. The van der Waals surface area contributed by atoms with Crippen LogP contribution in [0.5, 0.6) is 5.88 Å². The van der Waals surface area contributed by atoms with E-state index in [0.717, 1.165) is 11.1 Å². The molecule has 0 saturated carbocycles. The van der Waals surface area contributed by atoms with Crippen molar-refractivity contribution in [3.05, 3.63) is 94.4 Å². The number of carbonyl (C=O) groups is 1. The summed E-state index contributed by atoms with van der Waals surface area (Å²) >= 11 is 0. The smallest absolute Gasteiger partial charge is 0.224 e. The zero-order valence-corrected chi connectivity index (χ0v) is 18.0. The molecule has 2 aromatic carbocycles. The van der Waals surface area contributed by atoms with Gasteiger partial charge in [-0.05, 0) is 54.3 Å². The number of hydrogen-bond donors (Lipinski definition) is 1. The van der Waals surface area contributed by atoms with Crippen molar-refractivity contribution in [2.75, 3.05) is 0 Å². The van der Waals surface area contributed by atoms with Crippen LogP contribution in [0.1, 0.15) is 41.7 Å². The number of aryl methyl sites for hydroxylation is 2. The molecule has 30 heavy (non-hydrogen) atoms. The quantitative estimate of drug-likeness (QED) is 0.577. The van der Waals surface area contributed by atoms with E-state index < -0.39 is 0 Å². The molecule has 1 heterocycles. The third-order valence-corrected chi connectivity index (χ3v) is 4.42. The Labute approximate surface area is 178 Å². The van der Waals surface area contributed by atoms with Crippen molar-refractivity contribution >= 4 is 5.91 Å². The van der Waals surface area contributed by atoms with Crippen molar-refractivity contribution in [1.29, 1.82) is 0 Å². The van der Waals surface area contributed by atoms with Crippen molar-refractivity contribution < 1.29 is 13.9 Å². The number of rotatable bonds is 7. The molecule has 3 aromatic rings. The number of hydrogen-bond acceptors (Lipinski definition) is 3. The van der Waals surface area contributed by atoms with Crippen LogP contribution < -0.4 is 10.1 Å². The van der Waals surface area contributed by atoms with E-state index in [-0.39, 0.29) is 18.1 Å². The fourth-order valence-electron chi connectivity index (χ4n) is 2.89. The van der Waals surface area contributed by atoms with Gasteiger partial charge in [0.05, 0.1) is 6.42 Å². The third kappa shape index (κ3) is 7.32. The van der Waals surface area contributed by atoms with Gasteiger partial charge in [0.15, 0.2) is 0 Å². The molecule has 3 rings (SSSR count). The average Bonchev–Trinajstić information content (AvgIpc) is 2.73. The molecule has 5 heteroatoms. The van der Waals surface area contributed by atoms with Gasteiger partial charge in [-0.2, -0.15) is 0 Å². The fourth-order valence-corrected chi connectivity index (χ4v) is 2.89. The predicted octanol–water partition coefficient (Wildman–Crippen LogP) is 5.30. The maximum atomic E-state index is 13.2. The van der Waals surface area contributed by atoms with E-state index in [0.29, 0.717) is 24.6 Å². The van der Waals surface area contributed by atoms with Crippen LogP contribution in [0.2, 0.25) is 0 Å². The van der Waals surface area contributed by atoms with Crippen LogP contribution in [-0.2, 0) is 24.4 Å². The van der Waals surface area contributed by atoms with E-state index in [9.17, 15) is 9.18 Å². The lowest BCUT2D eigenvalue weighted by Gasteiger charge is -2.10. The highest BCUT2D eigenvalue weighted by atomic mass is 19.1. The highest BCUT2D eigenvalue weighted by Gasteiger charge is 2.06. The summed E-state index contributed by atoms with van der Waals surface area (Å²) in [6.07, 6.45) is 1.80. The zero-order chi connectivity index (χ0) is 21.9. The van der Waals surface area contributed by atoms with E-state index in [2.05, 4.69) is 42.3 Å². The summed E-state index contributed by atoms with van der Waals surface area (Å²) in [5.74, 6) is 0.00190. The minimum Gasteiger partial charge on any atom is -0.473 e. The first-order valence-corrected chi connectivity index (χ1v) is 10.1. The van der Waals surface area contributed by atoms with Crippen LogP contribution in [0.3, 0.4) is 0 Å². The highest BCUT2D eigenvalue weighted by Crippen LogP contribution is 2.15. The van der Waals surface area contributed by atoms with Crippen LogP contribution in [-0.4, -0.2) is 10.9 Å². The second-order valence-corrected chi connectivity index (χ2v) is 6.80. The molecule has 0 fully saturated rings. The zero-order valence-electron chi connectivity index (χ0n) is 18.0. The Balaban J connectivity index is 0.00000155. The van der Waals surface area contributed by atoms with Gasteiger partial charge in [-0.25, -0.2) is 9.37 Å². The molecule has 158 valence electrons. The number of carbonyl (C=O) groups excluding carboxylic acids is 1. The summed E-state index contributed by atoms with van der Waals surface area (Å²) in [7, 11) is 0. The Hall–Kier alpha value is -3.21. The van der Waals surface area contributed by atoms with Gasteiger partial charge < -0.3 is 10.1 Å². The summed E-state index contributed by atoms with van der Waals surface area (Å²) in [4.78, 5) is 16.3. The Morgan fingerprint density at radius 2 is 1.83 bits per heavy atom. The summed E-state index contributed by atoms with van der Waals surface area (Å²) in [6, 6.07) is 15.9. The topological polar surface area (TPSA) is 51.2 Å². The van der Waals surface area contributed by atoms with Crippen LogP contribution in [0.25, 0.3) is 0 Å². The first-order chi connectivity index (χ1) is 14.5. The maximum absolute atomic E-state index is 13.2. The number of benzene rings is 2. The Morgan fingerprint density at radius 3 is 2.57 bits per heavy atom. The van der Waals surface area contributed by atoms with E-state index in [1.807, 2.05) is 26.0 Å². The van der Waals surface area contributed by atoms with Crippen molar-refractivity contribution in [2.45, 2.75) is 47.3 Å². The molecule has 4 nitrogen and oxygen atoms in total. The lowest BCUT2D eigenvalue weighted by atomic mass is 10.1. The first-order valence-electron chi connectivity index (χ1n) is 10.1. The van der Waals surface area contributed by atoms with Gasteiger partial charge >= 0.3 is 0 Å². The standard InChI is InChI=1S/C23H23FN2O2.C2H6/c1-16-6-7-20(17(2)10-16)15-28-23-13-19(8-9-25-23)14-26-22(27)12-18-4-3-5-21(24)11-18;1-2/h3-11,13H,12,14-15H2,1-2H3,(H,26,27);1-2H3. The van der Waals surface area contributed by atoms with Crippen LogP contribution >= 0.6 is 0 Å². The first kappa shape index (κ1) is 23.1. The molecule has 0 bridgehead atoms. The van der Waals surface area contributed by atoms with Gasteiger partial charge in [0, 0.05) is 18.8 Å². The molecule has 0 radical (unpaired) electrons. The molecule has 0 saturated heterocycles. The number of nitrogens with zero attached hydrogens (tertiary/aromatic N) is 1. The van der Waals surface area contributed by atoms with Crippen molar-refractivity contribution in [3.8, 4) is 5.88 Å². The summed E-state index contributed by atoms with van der Waals surface area (Å²) in [6.45, 7) is 8.92. The molecule has 0 unspecified atom stereocenters. The van der Waals surface area contributed by atoms with Crippen LogP contribution in [0, 0.1) is 19.7 Å². The fraction of sp³-hybridized carbons (Fsp3) is 0.280. The van der Waals surface area contributed by atoms with Crippen molar-refractivity contribution in [1.82, 2.24) is 10.3 Å². The van der Waals surface area contributed by atoms with Crippen LogP contribution in [0.4, 0.5) is 4.39 Å². The lowest BCUT2D eigenvalue weighted by molar-refractivity contribution is -0.120. The van der Waals surface area contributed by atoms with Crippen LogP contribution in [0.15, 0.2) is 60.8 Å². The largest absolute Gasteiger partial charge is 0.473 e. The number of ether oxygens (including phenoxy) is 1. The molecule has 0 atom stereocenters. The SMILES string of the molecule is CC.Cc1ccc(COc2cc(CNC(=O)Cc3cccc(F)c3)ccn2)c(C)c1. The molecule has 0 aliphatic rings. The predicted molar refractivity (Wildman–Crippen MR) is 118 cm³/mol. The molecule has 1 N–H and O–H groups in total. The van der Waals surface area contributed by atoms with Gasteiger partial charge in [0.25, 0.3) is 0 Å². The number of aromatic nitrogens is 1. The lowest BCUT2D eigenvalue weighted by Crippen LogP contribution is -2.24. The molecule has 0 aliphatic heterocycles. The minimum atomic E-state index is -0.343. The summed E-state index contributed by atoms with van der Waals surface area (Å²) in [5.41, 5.74) is 5.04. The second-order valence-electron chi connectivity index (χ2n) is 6.80. The Bertz CT molecular complexity index is 973. The van der Waals surface area contributed by atoms with Gasteiger partial charge in [0.1, 0.15) is 12.4 Å². The molecular formula is C25H29FN2O2. The number of amides is 1. The average molecular weight is 409 g/mol. The molecule has 1 aromatic heterocycles. The normalized spacial score (nSPS) is 10.0. The van der Waals surface area contributed by atoms with E-state index in [4.69, 9.17) is 4.74 Å². The highest BCUT2D eigenvalue weighted by molar-refractivity contribution is 5.78. The molecular weight excluding hydrogens is 379 g/mol. The van der Waals surface area contributed by atoms with E-state index >= 15 is 0 Å². The van der Waals surface area contributed by atoms with Gasteiger partial charge in [-0.15, -0.1) is 0 Å². The van der Waals surface area contributed by atoms with Gasteiger partial charge in [0.2, 0.25) is 11.8 Å². The molecule has 0 aliphatic carbocycles. The maximum Gasteiger partial charge on any atom is 0.224 e. The summed E-state index contributed by atoms with van der Waals surface area (Å²) < 4.78 is 19.0. The summed E-state index contributed by atoms with van der Waals surface area (Å²) in [5, 5.41) is 2.84. The Kier molecular flexibility index (Phi) is 9.01. The van der Waals surface area contributed by atoms with E-state index in [1.54, 1.807) is 18.3 Å². The molecule has 1 amide bonds. The van der Waals surface area contributed by atoms with Gasteiger partial charge in [-0.1, -0.05) is 49.7 Å². The third-order valence-electron chi connectivity index (χ3n) is 4.42. The number of nitrogens with one attached hydrogen (secondary N) is 1. The van der Waals surface area contributed by atoms with Crippen molar-refractivity contribution in [2.24, 2.45) is 0 Å². The number of halogens is 1. The van der Waals surface area contributed by atoms with Gasteiger partial charge in [-0.3, -0.25) is 4.79 Å². The Morgan fingerprint density at radius 1 is 1.03 bits per heavy atom.